The van der Waals surface area contributed by atoms with Crippen molar-refractivity contribution >= 4 is 29.9 Å². The van der Waals surface area contributed by atoms with Crippen molar-refractivity contribution in [2.45, 2.75) is 45.3 Å². The quantitative estimate of drug-likeness (QED) is 0.410. The van der Waals surface area contributed by atoms with E-state index in [2.05, 4.69) is 25.8 Å². The Morgan fingerprint density at radius 2 is 2.08 bits per heavy atom. The largest absolute Gasteiger partial charge is 0.391 e. The monoisotopic (exact) mass is 461 g/mol. The summed E-state index contributed by atoms with van der Waals surface area (Å²) >= 11 is 0. The normalized spacial score (nSPS) is 22.0. The lowest BCUT2D eigenvalue weighted by molar-refractivity contribution is -0.185. The number of nitrogens with zero attached hydrogens (tertiary/aromatic N) is 3. The second-order valence-electron chi connectivity index (χ2n) is 5.81. The molecular weight excluding hydrogens is 438 g/mol. The Morgan fingerprint density at radius 3 is 2.67 bits per heavy atom. The second-order valence-corrected chi connectivity index (χ2v) is 5.81. The van der Waals surface area contributed by atoms with Crippen LogP contribution in [0.4, 0.5) is 13.2 Å². The van der Waals surface area contributed by atoms with Crippen molar-refractivity contribution < 1.29 is 17.7 Å². The Bertz CT molecular complexity index is 535. The van der Waals surface area contributed by atoms with E-state index >= 15 is 0 Å². The molecule has 1 aromatic rings. The summed E-state index contributed by atoms with van der Waals surface area (Å²) in [7, 11) is 1.61. The molecule has 24 heavy (non-hydrogen) atoms. The molecule has 2 N–H and O–H groups in total. The summed E-state index contributed by atoms with van der Waals surface area (Å²) in [6.45, 7) is 2.51. The van der Waals surface area contributed by atoms with Crippen LogP contribution in [0.5, 0.6) is 0 Å². The van der Waals surface area contributed by atoms with Crippen molar-refractivity contribution in [3.63, 3.8) is 0 Å². The number of aryl methyl sites for hydroxylation is 1. The number of nitrogens with one attached hydrogen (secondary N) is 2. The smallest absolute Gasteiger partial charge is 0.356 e. The molecule has 1 heterocycles. The molecule has 0 amide bonds. The zero-order chi connectivity index (χ0) is 16.9. The van der Waals surface area contributed by atoms with E-state index in [1.54, 1.807) is 14.0 Å². The minimum Gasteiger partial charge on any atom is -0.356 e. The van der Waals surface area contributed by atoms with Gasteiger partial charge in [-0.3, -0.25) is 4.99 Å². The second kappa shape index (κ2) is 9.42. The van der Waals surface area contributed by atoms with Gasteiger partial charge < -0.3 is 15.2 Å². The maximum Gasteiger partial charge on any atom is 0.391 e. The SMILES string of the molecule is CN=C(NCc1noc(C)n1)NCC1CCCC(C(F)(F)F)C1.I. The van der Waals surface area contributed by atoms with Gasteiger partial charge in [-0.15, -0.1) is 24.0 Å². The van der Waals surface area contributed by atoms with E-state index in [1.165, 1.54) is 0 Å². The molecule has 0 spiro atoms. The van der Waals surface area contributed by atoms with Crippen molar-refractivity contribution in [3.05, 3.63) is 11.7 Å². The van der Waals surface area contributed by atoms with Crippen LogP contribution in [0, 0.1) is 18.8 Å². The summed E-state index contributed by atoms with van der Waals surface area (Å²) in [6.07, 6.45) is -2.25. The highest BCUT2D eigenvalue weighted by molar-refractivity contribution is 14.0. The Hall–Kier alpha value is -1.07. The molecule has 138 valence electrons. The van der Waals surface area contributed by atoms with E-state index in [-0.39, 0.29) is 42.7 Å². The summed E-state index contributed by atoms with van der Waals surface area (Å²) in [4.78, 5) is 8.10. The highest BCUT2D eigenvalue weighted by atomic mass is 127. The van der Waals surface area contributed by atoms with E-state index in [4.69, 9.17) is 4.52 Å². The van der Waals surface area contributed by atoms with Gasteiger partial charge in [-0.1, -0.05) is 11.6 Å². The molecule has 2 atom stereocenters. The van der Waals surface area contributed by atoms with E-state index in [0.29, 0.717) is 37.2 Å². The topological polar surface area (TPSA) is 75.3 Å². The molecule has 1 aliphatic rings. The van der Waals surface area contributed by atoms with Crippen LogP contribution in [0.15, 0.2) is 9.52 Å². The summed E-state index contributed by atoms with van der Waals surface area (Å²) < 4.78 is 43.3. The van der Waals surface area contributed by atoms with E-state index in [0.717, 1.165) is 6.42 Å². The third kappa shape index (κ3) is 6.44. The number of halogens is 4. The van der Waals surface area contributed by atoms with Crippen LogP contribution in [0.3, 0.4) is 0 Å². The van der Waals surface area contributed by atoms with Gasteiger partial charge >= 0.3 is 6.18 Å². The van der Waals surface area contributed by atoms with Gasteiger partial charge in [-0.05, 0) is 25.2 Å². The highest BCUT2D eigenvalue weighted by Gasteiger charge is 2.41. The Labute approximate surface area is 156 Å². The first-order chi connectivity index (χ1) is 10.9. The predicted octanol–water partition coefficient (Wildman–Crippen LogP) is 3.03. The van der Waals surface area contributed by atoms with Crippen molar-refractivity contribution in [2.24, 2.45) is 16.8 Å². The first-order valence-electron chi connectivity index (χ1n) is 7.69. The summed E-state index contributed by atoms with van der Waals surface area (Å²) in [5.74, 6) is 0.314. The van der Waals surface area contributed by atoms with Crippen LogP contribution in [-0.2, 0) is 6.54 Å². The lowest BCUT2D eigenvalue weighted by Crippen LogP contribution is -2.41. The van der Waals surface area contributed by atoms with E-state index < -0.39 is 12.1 Å². The molecule has 2 unspecified atom stereocenters. The third-order valence-corrected chi connectivity index (χ3v) is 4.01. The van der Waals surface area contributed by atoms with Crippen LogP contribution in [0.25, 0.3) is 0 Å². The highest BCUT2D eigenvalue weighted by Crippen LogP contribution is 2.39. The standard InChI is InChI=1S/C14H22F3N5O.HI/c1-9-21-12(22-23-9)8-20-13(18-2)19-7-10-4-3-5-11(6-10)14(15,16)17;/h10-11H,3-8H2,1-2H3,(H2,18,19,20);1H. The maximum absolute atomic E-state index is 12.8. The molecule has 2 rings (SSSR count). The van der Waals surface area contributed by atoms with Crippen molar-refractivity contribution in [1.29, 1.82) is 0 Å². The van der Waals surface area contributed by atoms with Crippen molar-refractivity contribution in [3.8, 4) is 0 Å². The van der Waals surface area contributed by atoms with Crippen LogP contribution in [-0.4, -0.2) is 35.9 Å². The number of guanidine groups is 1. The molecule has 1 fully saturated rings. The molecule has 0 aromatic carbocycles. The van der Waals surface area contributed by atoms with Crippen LogP contribution in [0.2, 0.25) is 0 Å². The number of hydrogen-bond donors (Lipinski definition) is 2. The Kier molecular flexibility index (Phi) is 8.23. The maximum atomic E-state index is 12.8. The zero-order valence-electron chi connectivity index (χ0n) is 13.7. The van der Waals surface area contributed by atoms with Gasteiger partial charge in [0.2, 0.25) is 5.89 Å². The van der Waals surface area contributed by atoms with Gasteiger partial charge in [0.25, 0.3) is 0 Å². The van der Waals surface area contributed by atoms with Gasteiger partial charge in [0.05, 0.1) is 12.5 Å². The van der Waals surface area contributed by atoms with E-state index in [1.807, 2.05) is 0 Å². The van der Waals surface area contributed by atoms with Crippen LogP contribution < -0.4 is 10.6 Å². The number of aliphatic imine (C=N–C) groups is 1. The lowest BCUT2D eigenvalue weighted by atomic mass is 9.81. The number of hydrogen-bond acceptors (Lipinski definition) is 4. The minimum atomic E-state index is -4.09. The van der Waals surface area contributed by atoms with E-state index in [9.17, 15) is 13.2 Å². The fourth-order valence-corrected chi connectivity index (χ4v) is 2.81. The van der Waals surface area contributed by atoms with Gasteiger partial charge in [-0.2, -0.15) is 18.2 Å². The van der Waals surface area contributed by atoms with Crippen molar-refractivity contribution in [2.75, 3.05) is 13.6 Å². The Balaban J connectivity index is 0.00000288. The summed E-state index contributed by atoms with van der Waals surface area (Å²) in [5, 5.41) is 9.84. The first-order valence-corrected chi connectivity index (χ1v) is 7.69. The molecule has 10 heteroatoms. The average molecular weight is 461 g/mol. The molecule has 1 aromatic heterocycles. The molecule has 6 nitrogen and oxygen atoms in total. The molecule has 1 saturated carbocycles. The molecule has 0 saturated heterocycles. The third-order valence-electron chi connectivity index (χ3n) is 4.01. The fourth-order valence-electron chi connectivity index (χ4n) is 2.81. The molecule has 1 aliphatic carbocycles. The average Bonchev–Trinajstić information content (AvgIpc) is 2.92. The lowest BCUT2D eigenvalue weighted by Gasteiger charge is -2.30. The number of aromatic nitrogens is 2. The van der Waals surface area contributed by atoms with Crippen LogP contribution in [0.1, 0.15) is 37.4 Å². The first kappa shape index (κ1) is 21.0. The predicted molar refractivity (Wildman–Crippen MR) is 94.2 cm³/mol. The number of alkyl halides is 3. The summed E-state index contributed by atoms with van der Waals surface area (Å²) in [5.41, 5.74) is 0. The van der Waals surface area contributed by atoms with Gasteiger partial charge in [0.1, 0.15) is 0 Å². The molecule has 0 bridgehead atoms. The van der Waals surface area contributed by atoms with Gasteiger partial charge in [0.15, 0.2) is 11.8 Å². The summed E-state index contributed by atoms with van der Waals surface area (Å²) in [6, 6.07) is 0. The zero-order valence-corrected chi connectivity index (χ0v) is 16.0. The molecular formula is C14H23F3IN5O. The van der Waals surface area contributed by atoms with Crippen molar-refractivity contribution in [1.82, 2.24) is 20.8 Å². The number of rotatable bonds is 4. The minimum absolute atomic E-state index is 0. The van der Waals surface area contributed by atoms with Crippen LogP contribution >= 0.6 is 24.0 Å². The fraction of sp³-hybridized carbons (Fsp3) is 0.786. The molecule has 0 radical (unpaired) electrons. The van der Waals surface area contributed by atoms with Gasteiger partial charge in [0, 0.05) is 20.5 Å². The van der Waals surface area contributed by atoms with Gasteiger partial charge in [-0.25, -0.2) is 0 Å². The molecule has 0 aliphatic heterocycles. The Morgan fingerprint density at radius 1 is 1.33 bits per heavy atom.